The highest BCUT2D eigenvalue weighted by Gasteiger charge is 2.46. The number of halogens is 1. The van der Waals surface area contributed by atoms with Gasteiger partial charge in [-0.05, 0) is 130 Å². The quantitative estimate of drug-likeness (QED) is 0.0204. The Morgan fingerprint density at radius 3 is 1.23 bits per heavy atom. The Morgan fingerprint density at radius 1 is 0.512 bits per heavy atom. The Labute approximate surface area is 795 Å². The van der Waals surface area contributed by atoms with Crippen LogP contribution in [0.25, 0.3) is 22.3 Å². The van der Waals surface area contributed by atoms with Gasteiger partial charge in [-0.25, -0.2) is 9.97 Å². The highest BCUT2D eigenvalue weighted by molar-refractivity contribution is 14.1. The van der Waals surface area contributed by atoms with Crippen LogP contribution in [0.3, 0.4) is 0 Å². The van der Waals surface area contributed by atoms with Gasteiger partial charge in [0.25, 0.3) is 0 Å². The van der Waals surface area contributed by atoms with Crippen molar-refractivity contribution in [2.45, 2.75) is 204 Å². The van der Waals surface area contributed by atoms with E-state index < -0.39 is 53.9 Å². The van der Waals surface area contributed by atoms with Crippen molar-refractivity contribution in [1.82, 2.24) is 30.0 Å². The Bertz CT molecular complexity index is 4710. The van der Waals surface area contributed by atoms with Crippen LogP contribution in [-0.4, -0.2) is 223 Å². The van der Waals surface area contributed by atoms with Gasteiger partial charge in [0.2, 0.25) is 17.7 Å². The van der Waals surface area contributed by atoms with E-state index in [0.29, 0.717) is 56.2 Å². The van der Waals surface area contributed by atoms with Gasteiger partial charge in [-0.2, -0.15) is 23.5 Å². The number of benzene rings is 6. The zero-order valence-electron chi connectivity index (χ0n) is 77.8. The Balaban J connectivity index is 0.000000240. The molecule has 0 unspecified atom stereocenters. The van der Waals surface area contributed by atoms with Crippen molar-refractivity contribution < 1.29 is 71.9 Å². The van der Waals surface area contributed by atoms with E-state index in [4.69, 9.17) is 28.4 Å². The molecule has 2 fully saturated rings. The van der Waals surface area contributed by atoms with Crippen LogP contribution in [-0.2, 0) is 79.6 Å². The number of carboxylic acid groups (broad SMARTS) is 1. The molecule has 6 aromatic carbocycles. The summed E-state index contributed by atoms with van der Waals surface area (Å²) in [6, 6.07) is 52.4. The van der Waals surface area contributed by atoms with Crippen molar-refractivity contribution in [1.29, 1.82) is 0 Å². The van der Waals surface area contributed by atoms with Gasteiger partial charge in [0.05, 0.1) is 90.1 Å². The number of carboxylic acids is 1. The molecule has 0 spiro atoms. The number of ether oxygens (including phenoxy) is 6. The maximum absolute atomic E-state index is 14.5. The first kappa shape index (κ1) is 105. The summed E-state index contributed by atoms with van der Waals surface area (Å²) in [5, 5.41) is 18.4. The second-order valence-corrected chi connectivity index (χ2v) is 38.0. The van der Waals surface area contributed by atoms with Gasteiger partial charge in [0.15, 0.2) is 0 Å². The zero-order chi connectivity index (χ0) is 93.2. The summed E-state index contributed by atoms with van der Waals surface area (Å²) < 4.78 is 35.4. The van der Waals surface area contributed by atoms with Crippen LogP contribution in [0.15, 0.2) is 181 Å². The highest BCUT2D eigenvalue weighted by atomic mass is 127. The number of Topliss-reactive ketones (excluding diaryl/α,β-unsaturated/α-hetero) is 2. The molecule has 2 N–H and O–H groups in total. The number of carbonyl (C=O) groups is 8. The topological polar surface area (TPSA) is 260 Å². The maximum Gasteiger partial charge on any atom is 0.307 e. The van der Waals surface area contributed by atoms with Crippen LogP contribution in [0.4, 0.5) is 0 Å². The van der Waals surface area contributed by atoms with E-state index in [9.17, 15) is 43.5 Å². The molecule has 4 heterocycles. The number of ketones is 2. The molecule has 0 saturated carbocycles. The number of carbonyl (C=O) groups excluding carboxylic acids is 7. The predicted molar refractivity (Wildman–Crippen MR) is 528 cm³/mol. The monoisotopic (exact) mass is 1950 g/mol. The van der Waals surface area contributed by atoms with E-state index in [-0.39, 0.29) is 128 Å². The lowest BCUT2D eigenvalue weighted by molar-refractivity contribution is -0.151. The Morgan fingerprint density at radius 2 is 0.884 bits per heavy atom. The predicted octanol–water partition coefficient (Wildman–Crippen LogP) is 19.0. The number of aromatic nitrogens is 2. The van der Waals surface area contributed by atoms with Crippen molar-refractivity contribution >= 4 is 116 Å². The average Bonchev–Trinajstić information content (AvgIpc) is 1.62. The van der Waals surface area contributed by atoms with Crippen molar-refractivity contribution in [3.63, 3.8) is 0 Å². The van der Waals surface area contributed by atoms with Gasteiger partial charge in [0, 0.05) is 138 Å². The number of likely N-dealkylation sites (N-methyl/N-ethyl adjacent to an activating group) is 2. The van der Waals surface area contributed by atoms with Crippen LogP contribution in [0.2, 0.25) is 0 Å². The number of fused-ring (bicyclic) bond motifs is 6. The average molecular weight is 1950 g/mol. The van der Waals surface area contributed by atoms with Crippen molar-refractivity contribution in [3.05, 3.63) is 224 Å². The molecular weight excluding hydrogens is 1820 g/mol. The fourth-order valence-corrected chi connectivity index (χ4v) is 22.1. The van der Waals surface area contributed by atoms with E-state index >= 15 is 0 Å². The number of aliphatic carboxylic acids is 1. The summed E-state index contributed by atoms with van der Waals surface area (Å²) in [5.74, 6) is -2.79. The second kappa shape index (κ2) is 53.6. The number of thiazole rings is 2. The number of hydrogen-bond donors (Lipinski definition) is 2. The van der Waals surface area contributed by atoms with E-state index in [1.807, 2.05) is 144 Å². The first-order valence-electron chi connectivity index (χ1n) is 45.3. The number of rotatable bonds is 46. The van der Waals surface area contributed by atoms with Crippen LogP contribution < -0.4 is 5.32 Å². The normalized spacial score (nSPS) is 17.7. The summed E-state index contributed by atoms with van der Waals surface area (Å²) in [6.07, 6.45) is 13.1. The standard InChI is InChI=1S/C51H65N3O7S2.C31H47N3O4S.C20H20O4S.CH3I/c1-8-33(2)48(53(4)51(58)37(32-62-7)29-47(57)61-31-42-40-21-14-12-19-38(40)39-20-13-15-22-41(39)42)45(59-5)30-46(56)54-25-16-23-43(54)49(60-6)34(3)44(55)28-36(50-52-24-26-63-50)27-35-17-10-9-11-18-35;1-7-21(2)29(32-4)27(37-5)20-28(36)34-16-11-14-25(34)30(38-6)22(3)26(35)19-24(31-33-15-17-39-31)18-23-12-9-8-10-13-23;1-25-12-13(20(22)23)10-19(21)24-11-18-16-8-4-2-6-14(16)15-7-3-5-9-17(15)18;1-2/h9-15,17-22,24,26,33-34,36-37,42-43,45,48-49H,8,16,23,25,27-32H2,1-7H3;8-10,12-13,15,17,21-22,24-25,27,29-30,32H,7,11,14,16,18-20H2,1-6H3;2-9,13,18H,10-12H2,1H3,(H,22,23);1H3/t33-,34-,36+,37-,43-,45+,48-,49+;21-,22-,24+,25-,27+,29-,30+;13-;/m000./s1. The van der Waals surface area contributed by atoms with Crippen LogP contribution in [0.1, 0.15) is 186 Å². The molecule has 0 bridgehead atoms. The number of methoxy groups -OCH3 is 4. The van der Waals surface area contributed by atoms with Gasteiger partial charge in [-0.1, -0.05) is 235 Å². The van der Waals surface area contributed by atoms with E-state index in [2.05, 4.69) is 138 Å². The number of nitrogens with one attached hydrogen (secondary N) is 1. The lowest BCUT2D eigenvalue weighted by Gasteiger charge is -2.40. The molecule has 8 aromatic rings. The fraction of sp³-hybridized carbons (Fsp3) is 0.515. The summed E-state index contributed by atoms with van der Waals surface area (Å²) in [7, 11) is 10.3. The van der Waals surface area contributed by atoms with Gasteiger partial charge in [-0.15, -0.1) is 22.7 Å². The molecule has 2 saturated heterocycles. The molecule has 2 aliphatic carbocycles. The van der Waals surface area contributed by atoms with Gasteiger partial charge >= 0.3 is 17.9 Å². The molecule has 4 aliphatic rings. The van der Waals surface area contributed by atoms with Crippen LogP contribution >= 0.6 is 68.8 Å². The summed E-state index contributed by atoms with van der Waals surface area (Å²) in [4.78, 5) is 124. The molecule has 2 aromatic heterocycles. The van der Waals surface area contributed by atoms with Gasteiger partial charge in [0.1, 0.15) is 24.8 Å². The molecule has 12 rings (SSSR count). The Hall–Kier alpha value is -8.03. The fourth-order valence-electron chi connectivity index (χ4n) is 19.3. The third-order valence-corrected chi connectivity index (χ3v) is 29.8. The number of thioether (sulfide) groups is 2. The van der Waals surface area contributed by atoms with Gasteiger partial charge < -0.3 is 53.5 Å². The minimum Gasteiger partial charge on any atom is -0.481 e. The van der Waals surface area contributed by atoms with Gasteiger partial charge in [-0.3, -0.25) is 38.4 Å². The molecular formula is C103H135IN6O15S4. The summed E-state index contributed by atoms with van der Waals surface area (Å²) >= 11 is 8.25. The van der Waals surface area contributed by atoms with Crippen LogP contribution in [0, 0.1) is 35.5 Å². The molecule has 21 nitrogen and oxygen atoms in total. The molecule has 0 radical (unpaired) electrons. The lowest BCUT2D eigenvalue weighted by Crippen LogP contribution is -2.54. The molecule has 3 amide bonds. The zero-order valence-corrected chi connectivity index (χ0v) is 83.2. The van der Waals surface area contributed by atoms with Crippen LogP contribution in [0.5, 0.6) is 0 Å². The number of nitrogens with zero attached hydrogens (tertiary/aromatic N) is 5. The maximum atomic E-state index is 14.5. The molecule has 26 heteroatoms. The third kappa shape index (κ3) is 28.1. The summed E-state index contributed by atoms with van der Waals surface area (Å²) in [5.41, 5.74) is 11.6. The highest BCUT2D eigenvalue weighted by Crippen LogP contribution is 2.47. The number of likely N-dealkylation sites (tertiary alicyclic amines) is 2. The van der Waals surface area contributed by atoms with E-state index in [1.54, 1.807) is 75.5 Å². The van der Waals surface area contributed by atoms with Crippen molar-refractivity contribution in [2.24, 2.45) is 35.5 Å². The number of esters is 2. The third-order valence-electron chi connectivity index (χ3n) is 26.4. The molecule has 698 valence electrons. The van der Waals surface area contributed by atoms with Crippen molar-refractivity contribution in [2.75, 3.05) is 97.8 Å². The SMILES string of the molecule is CC[C@H](C)[C@@H]([C@@H](CC(=O)N1CCC[C@H]1[C@H](OC)[C@@H](C)C(=O)C[C@@H](Cc1ccccc1)c1nccs1)OC)N(C)C(=O)[C@H](CSC)CC(=O)OCC1c2ccccc2-c2ccccc21.CC[C@H](C)[C@H](NC)[C@@H](CC(=O)N1CCC[C@H]1[C@H](OC)[C@@H](C)C(=O)C[C@@H](Cc1ccccc1)c1nccs1)OC.CI.CSC[C@H](CC(=O)OCC1c2ccccc2-c2ccccc21)C(=O)O. The van der Waals surface area contributed by atoms with Crippen molar-refractivity contribution in [3.8, 4) is 22.3 Å². The summed E-state index contributed by atoms with van der Waals surface area (Å²) in [6.45, 7) is 14.0. The minimum absolute atomic E-state index is 0.000165. The van der Waals surface area contributed by atoms with E-state index in [0.717, 1.165) is 93.9 Å². The molecule has 129 heavy (non-hydrogen) atoms. The largest absolute Gasteiger partial charge is 0.481 e. The smallest absolute Gasteiger partial charge is 0.307 e. The number of amides is 3. The molecule has 2 aliphatic heterocycles. The first-order valence-corrected chi connectivity index (χ1v) is 52.0. The lowest BCUT2D eigenvalue weighted by atomic mass is 9.85. The molecule has 16 atom stereocenters. The second-order valence-electron chi connectivity index (χ2n) is 34.3. The first-order chi connectivity index (χ1) is 62.5. The number of alkyl halides is 1. The Kier molecular flexibility index (Phi) is 43.5. The number of hydrogen-bond acceptors (Lipinski definition) is 21. The van der Waals surface area contributed by atoms with E-state index in [1.165, 1.54) is 40.2 Å². The minimum atomic E-state index is -0.956.